The molecule has 1 aromatic carbocycles. The van der Waals surface area contributed by atoms with Crippen molar-refractivity contribution in [2.75, 3.05) is 12.4 Å². The van der Waals surface area contributed by atoms with Crippen molar-refractivity contribution in [1.29, 1.82) is 0 Å². The van der Waals surface area contributed by atoms with Crippen LogP contribution in [0.15, 0.2) is 36.5 Å². The molecule has 94 valence electrons. The zero-order valence-corrected chi connectivity index (χ0v) is 10.6. The molecule has 2 rings (SSSR count). The lowest BCUT2D eigenvalue weighted by Crippen LogP contribution is -1.98. The topological polar surface area (TPSA) is 54.4 Å². The summed E-state index contributed by atoms with van der Waals surface area (Å²) in [5.74, 6) is 1.23. The monoisotopic (exact) mass is 264 g/mol. The lowest BCUT2D eigenvalue weighted by atomic mass is 10.2. The number of nitrogens with one attached hydrogen (secondary N) is 1. The molecule has 1 heterocycles. The highest BCUT2D eigenvalue weighted by Crippen LogP contribution is 2.29. The number of aliphatic hydroxyl groups excluding tert-OH is 1. The molecule has 5 heteroatoms. The summed E-state index contributed by atoms with van der Waals surface area (Å²) in [6.45, 7) is -0.0694. The molecule has 0 fully saturated rings. The van der Waals surface area contributed by atoms with Crippen molar-refractivity contribution in [3.63, 3.8) is 0 Å². The molecule has 0 saturated carbocycles. The molecule has 0 amide bonds. The first-order valence-corrected chi connectivity index (χ1v) is 5.77. The first-order chi connectivity index (χ1) is 8.74. The molecule has 0 aliphatic carbocycles. The van der Waals surface area contributed by atoms with Crippen LogP contribution in [-0.2, 0) is 6.61 Å². The van der Waals surface area contributed by atoms with Gasteiger partial charge < -0.3 is 15.2 Å². The van der Waals surface area contributed by atoms with Gasteiger partial charge in [0.15, 0.2) is 0 Å². The number of ether oxygens (including phenoxy) is 1. The fourth-order valence-corrected chi connectivity index (χ4v) is 1.82. The summed E-state index contributed by atoms with van der Waals surface area (Å²) in [6.07, 6.45) is 1.66. The smallest absolute Gasteiger partial charge is 0.137 e. The first kappa shape index (κ1) is 12.7. The van der Waals surface area contributed by atoms with Gasteiger partial charge in [-0.25, -0.2) is 4.98 Å². The molecule has 2 aromatic rings. The largest absolute Gasteiger partial charge is 0.495 e. The number of aliphatic hydroxyl groups is 1. The Morgan fingerprint density at radius 1 is 1.39 bits per heavy atom. The maximum Gasteiger partial charge on any atom is 0.137 e. The summed E-state index contributed by atoms with van der Waals surface area (Å²) in [5, 5.41) is 12.8. The van der Waals surface area contributed by atoms with E-state index in [-0.39, 0.29) is 6.61 Å². The molecule has 0 saturated heterocycles. The minimum atomic E-state index is -0.0694. The van der Waals surface area contributed by atoms with Crippen molar-refractivity contribution in [3.8, 4) is 5.75 Å². The van der Waals surface area contributed by atoms with E-state index in [9.17, 15) is 5.11 Å². The lowest BCUT2D eigenvalue weighted by Gasteiger charge is -2.10. The molecule has 1 aromatic heterocycles. The Morgan fingerprint density at radius 2 is 2.22 bits per heavy atom. The highest BCUT2D eigenvalue weighted by Gasteiger charge is 2.05. The molecule has 0 aliphatic heterocycles. The summed E-state index contributed by atoms with van der Waals surface area (Å²) in [5.41, 5.74) is 1.51. The number of benzene rings is 1. The van der Waals surface area contributed by atoms with Gasteiger partial charge in [0.1, 0.15) is 11.6 Å². The molecular weight excluding hydrogens is 252 g/mol. The second-order valence-electron chi connectivity index (χ2n) is 3.64. The van der Waals surface area contributed by atoms with Crippen LogP contribution in [0.1, 0.15) is 5.56 Å². The number of aromatic nitrogens is 1. The molecule has 0 unspecified atom stereocenters. The molecule has 0 bridgehead atoms. The van der Waals surface area contributed by atoms with Crippen LogP contribution < -0.4 is 10.1 Å². The minimum Gasteiger partial charge on any atom is -0.495 e. The third-order valence-electron chi connectivity index (χ3n) is 2.48. The maximum absolute atomic E-state index is 9.21. The first-order valence-electron chi connectivity index (χ1n) is 5.40. The van der Waals surface area contributed by atoms with E-state index in [1.807, 2.05) is 6.07 Å². The Bertz CT molecular complexity index is 546. The predicted octanol–water partition coefficient (Wildman–Crippen LogP) is 2.98. The summed E-state index contributed by atoms with van der Waals surface area (Å²) in [7, 11) is 1.57. The van der Waals surface area contributed by atoms with E-state index in [1.165, 1.54) is 0 Å². The standard InChI is InChI=1S/C13H13ClN2O2/c1-18-12-5-4-10(7-11(12)14)16-13-9(8-17)3-2-6-15-13/h2-7,17H,8H2,1H3,(H,15,16). The van der Waals surface area contributed by atoms with Gasteiger partial charge in [0.2, 0.25) is 0 Å². The van der Waals surface area contributed by atoms with E-state index < -0.39 is 0 Å². The van der Waals surface area contributed by atoms with Gasteiger partial charge in [-0.1, -0.05) is 17.7 Å². The molecule has 0 spiro atoms. The van der Waals surface area contributed by atoms with Gasteiger partial charge in [-0.15, -0.1) is 0 Å². The summed E-state index contributed by atoms with van der Waals surface area (Å²) >= 11 is 6.03. The Hall–Kier alpha value is -1.78. The number of rotatable bonds is 4. The number of pyridine rings is 1. The highest BCUT2D eigenvalue weighted by atomic mass is 35.5. The van der Waals surface area contributed by atoms with Gasteiger partial charge in [-0.3, -0.25) is 0 Å². The van der Waals surface area contributed by atoms with Crippen molar-refractivity contribution in [2.24, 2.45) is 0 Å². The van der Waals surface area contributed by atoms with Crippen LogP contribution in [0, 0.1) is 0 Å². The minimum absolute atomic E-state index is 0.0694. The number of halogens is 1. The number of hydrogen-bond acceptors (Lipinski definition) is 4. The van der Waals surface area contributed by atoms with E-state index in [0.717, 1.165) is 11.3 Å². The molecule has 0 aliphatic rings. The van der Waals surface area contributed by atoms with E-state index in [0.29, 0.717) is 16.6 Å². The lowest BCUT2D eigenvalue weighted by molar-refractivity contribution is 0.282. The Kier molecular flexibility index (Phi) is 4.02. The van der Waals surface area contributed by atoms with Crippen LogP contribution >= 0.6 is 11.6 Å². The Labute approximate surface area is 110 Å². The Morgan fingerprint density at radius 3 is 2.89 bits per heavy atom. The van der Waals surface area contributed by atoms with E-state index in [1.54, 1.807) is 37.6 Å². The van der Waals surface area contributed by atoms with Crippen LogP contribution in [0.4, 0.5) is 11.5 Å². The van der Waals surface area contributed by atoms with Gasteiger partial charge in [0, 0.05) is 17.4 Å². The van der Waals surface area contributed by atoms with E-state index in [4.69, 9.17) is 16.3 Å². The van der Waals surface area contributed by atoms with Crippen LogP contribution in [0.5, 0.6) is 5.75 Å². The third kappa shape index (κ3) is 2.72. The molecule has 0 radical (unpaired) electrons. The van der Waals surface area contributed by atoms with E-state index in [2.05, 4.69) is 10.3 Å². The number of anilines is 2. The van der Waals surface area contributed by atoms with Crippen LogP contribution in [-0.4, -0.2) is 17.2 Å². The fraction of sp³-hybridized carbons (Fsp3) is 0.154. The highest BCUT2D eigenvalue weighted by molar-refractivity contribution is 6.32. The molecule has 18 heavy (non-hydrogen) atoms. The second kappa shape index (κ2) is 5.71. The van der Waals surface area contributed by atoms with Gasteiger partial charge in [-0.2, -0.15) is 0 Å². The normalized spacial score (nSPS) is 10.2. The molecule has 0 atom stereocenters. The van der Waals surface area contributed by atoms with Crippen LogP contribution in [0.25, 0.3) is 0 Å². The van der Waals surface area contributed by atoms with Crippen LogP contribution in [0.3, 0.4) is 0 Å². The average Bonchev–Trinajstić information content (AvgIpc) is 2.39. The van der Waals surface area contributed by atoms with Gasteiger partial charge >= 0.3 is 0 Å². The van der Waals surface area contributed by atoms with Gasteiger partial charge in [0.05, 0.1) is 18.7 Å². The average molecular weight is 265 g/mol. The van der Waals surface area contributed by atoms with Crippen molar-refractivity contribution in [1.82, 2.24) is 4.98 Å². The van der Waals surface area contributed by atoms with Crippen molar-refractivity contribution in [2.45, 2.75) is 6.61 Å². The summed E-state index contributed by atoms with van der Waals surface area (Å²) < 4.78 is 5.08. The fourth-order valence-electron chi connectivity index (χ4n) is 1.56. The zero-order valence-electron chi connectivity index (χ0n) is 9.85. The predicted molar refractivity (Wildman–Crippen MR) is 71.4 cm³/mol. The van der Waals surface area contributed by atoms with E-state index >= 15 is 0 Å². The zero-order chi connectivity index (χ0) is 13.0. The number of hydrogen-bond donors (Lipinski definition) is 2. The van der Waals surface area contributed by atoms with Crippen molar-refractivity contribution in [3.05, 3.63) is 47.1 Å². The van der Waals surface area contributed by atoms with Crippen LogP contribution in [0.2, 0.25) is 5.02 Å². The van der Waals surface area contributed by atoms with Crippen molar-refractivity contribution < 1.29 is 9.84 Å². The Balaban J connectivity index is 2.26. The maximum atomic E-state index is 9.21. The number of methoxy groups -OCH3 is 1. The third-order valence-corrected chi connectivity index (χ3v) is 2.77. The summed E-state index contributed by atoms with van der Waals surface area (Å²) in [4.78, 5) is 4.17. The van der Waals surface area contributed by atoms with Gasteiger partial charge in [-0.05, 0) is 24.3 Å². The summed E-state index contributed by atoms with van der Waals surface area (Å²) in [6, 6.07) is 8.93. The molecular formula is C13H13ClN2O2. The molecule has 4 nitrogen and oxygen atoms in total. The quantitative estimate of drug-likeness (QED) is 0.891. The second-order valence-corrected chi connectivity index (χ2v) is 4.05. The van der Waals surface area contributed by atoms with Gasteiger partial charge in [0.25, 0.3) is 0 Å². The SMILES string of the molecule is COc1ccc(Nc2ncccc2CO)cc1Cl. The van der Waals surface area contributed by atoms with Crippen molar-refractivity contribution >= 4 is 23.1 Å². The molecule has 2 N–H and O–H groups in total. The number of nitrogens with zero attached hydrogens (tertiary/aromatic N) is 1.